The maximum absolute atomic E-state index is 15.0. The van der Waals surface area contributed by atoms with Crippen molar-refractivity contribution in [1.29, 1.82) is 0 Å². The van der Waals surface area contributed by atoms with E-state index in [4.69, 9.17) is 27.7 Å². The summed E-state index contributed by atoms with van der Waals surface area (Å²) < 4.78 is 34.9. The molecule has 12 amide bonds. The number of amides is 12. The number of hydrogen-bond donors (Lipinski definition) is 16. The molecule has 20 N–H and O–H groups in total. The highest BCUT2D eigenvalue weighted by Crippen LogP contribution is 2.24. The van der Waals surface area contributed by atoms with Gasteiger partial charge in [0.1, 0.15) is 67.0 Å². The Hall–Kier alpha value is -7.89. The zero-order chi connectivity index (χ0) is 80.2. The SMILES string of the molecule is CCCCC1NC(=O)CN(S(=O)(=O)CCCN)CCNC(=O)C(CCCCN)NC(=O)C(CC(C)C)NC(=O)C(CCCCN)NC(=O)C(CC(C)C)NC(=O)C(CCCCN)NC(=O)COCC2CCCN2C(=O)C(Cc2c[nH]c3ccccc23)NC(=O)C(C)NC(=O)C(C(C)C)NC(=O)C(C(C)C)NC1=O. The predicted octanol–water partition coefficient (Wildman–Crippen LogP) is -0.322. The number of sulfonamides is 1. The zero-order valence-corrected chi connectivity index (χ0v) is 66.1. The molecule has 34 heteroatoms. The van der Waals surface area contributed by atoms with Crippen LogP contribution < -0.4 is 81.4 Å². The highest BCUT2D eigenvalue weighted by molar-refractivity contribution is 7.89. The van der Waals surface area contributed by atoms with Crippen molar-refractivity contribution < 1.29 is 70.7 Å². The molecule has 0 bridgehead atoms. The van der Waals surface area contributed by atoms with Crippen molar-refractivity contribution in [1.82, 2.24) is 72.7 Å². The Labute approximate surface area is 637 Å². The summed E-state index contributed by atoms with van der Waals surface area (Å²) in [7, 11) is -4.28. The van der Waals surface area contributed by atoms with Gasteiger partial charge in [0.2, 0.25) is 80.9 Å². The number of rotatable bonds is 27. The molecule has 2 aliphatic heterocycles. The molecule has 1 aromatic heterocycles. The first kappa shape index (κ1) is 92.5. The molecule has 0 aliphatic carbocycles. The van der Waals surface area contributed by atoms with E-state index in [1.54, 1.807) is 38.8 Å². The molecule has 1 aromatic carbocycles. The summed E-state index contributed by atoms with van der Waals surface area (Å²) >= 11 is 0. The molecule has 2 aromatic rings. The van der Waals surface area contributed by atoms with Crippen LogP contribution in [0, 0.1) is 23.7 Å². The van der Waals surface area contributed by atoms with Crippen LogP contribution in [0.2, 0.25) is 0 Å². The highest BCUT2D eigenvalue weighted by atomic mass is 32.2. The van der Waals surface area contributed by atoms with Crippen LogP contribution in [0.4, 0.5) is 0 Å². The lowest BCUT2D eigenvalue weighted by atomic mass is 9.98. The first-order chi connectivity index (χ1) is 51.3. The minimum Gasteiger partial charge on any atom is -0.370 e. The van der Waals surface area contributed by atoms with Crippen LogP contribution >= 0.6 is 0 Å². The smallest absolute Gasteiger partial charge is 0.246 e. The van der Waals surface area contributed by atoms with Crippen molar-refractivity contribution in [2.24, 2.45) is 46.6 Å². The average Bonchev–Trinajstić information content (AvgIpc) is 1.66. The van der Waals surface area contributed by atoms with Gasteiger partial charge in [-0.05, 0) is 165 Å². The number of carbonyl (C=O) groups is 12. The number of unbranched alkanes of at least 4 members (excludes halogenated alkanes) is 4. The second kappa shape index (κ2) is 47.9. The monoisotopic (exact) mass is 1540 g/mol. The summed E-state index contributed by atoms with van der Waals surface area (Å²) in [6.45, 7) is 16.0. The third kappa shape index (κ3) is 31.2. The Balaban J connectivity index is 1.80. The fraction of sp³-hybridized carbons (Fsp3) is 0.730. The van der Waals surface area contributed by atoms with Crippen molar-refractivity contribution in [3.63, 3.8) is 0 Å². The molecule has 610 valence electrons. The van der Waals surface area contributed by atoms with Crippen LogP contribution in [0.3, 0.4) is 0 Å². The van der Waals surface area contributed by atoms with Gasteiger partial charge in [0.05, 0.1) is 24.9 Å². The molecule has 2 saturated heterocycles. The number of carbonyl (C=O) groups excluding carboxylic acids is 12. The van der Waals surface area contributed by atoms with Gasteiger partial charge in [-0.2, -0.15) is 4.31 Å². The van der Waals surface area contributed by atoms with Gasteiger partial charge in [0, 0.05) is 43.2 Å². The van der Waals surface area contributed by atoms with Crippen molar-refractivity contribution in [3.8, 4) is 0 Å². The number of nitrogens with zero attached hydrogens (tertiary/aromatic N) is 2. The van der Waals surface area contributed by atoms with Crippen molar-refractivity contribution >= 4 is 91.8 Å². The number of nitrogens with one attached hydrogen (secondary N) is 12. The van der Waals surface area contributed by atoms with Crippen LogP contribution in [-0.2, 0) is 78.7 Å². The van der Waals surface area contributed by atoms with Crippen LogP contribution in [0.25, 0.3) is 10.9 Å². The molecule has 11 unspecified atom stereocenters. The number of hydrogen-bond acceptors (Lipinski definition) is 19. The van der Waals surface area contributed by atoms with E-state index in [0.717, 1.165) is 15.2 Å². The molecular formula is C74H128N18O15S. The second-order valence-corrected chi connectivity index (χ2v) is 32.1. The predicted molar refractivity (Wildman–Crippen MR) is 411 cm³/mol. The lowest BCUT2D eigenvalue weighted by molar-refractivity contribution is -0.139. The van der Waals surface area contributed by atoms with Crippen LogP contribution in [0.1, 0.15) is 184 Å². The van der Waals surface area contributed by atoms with E-state index >= 15 is 0 Å². The fourth-order valence-electron chi connectivity index (χ4n) is 13.0. The summed E-state index contributed by atoms with van der Waals surface area (Å²) in [6.07, 6.45) is 6.81. The molecule has 2 aliphatic rings. The Morgan fingerprint density at radius 2 is 0.972 bits per heavy atom. The van der Waals surface area contributed by atoms with E-state index in [-0.39, 0.29) is 109 Å². The number of para-hydroxylation sites is 1. The molecular weight excluding hydrogens is 1410 g/mol. The molecule has 33 nitrogen and oxygen atoms in total. The third-order valence-electron chi connectivity index (χ3n) is 19.1. The van der Waals surface area contributed by atoms with E-state index in [0.29, 0.717) is 69.8 Å². The van der Waals surface area contributed by atoms with Crippen LogP contribution in [0.5, 0.6) is 0 Å². The van der Waals surface area contributed by atoms with E-state index < -0.39 is 185 Å². The summed E-state index contributed by atoms with van der Waals surface area (Å²) in [5, 5.41) is 31.2. The lowest BCUT2D eigenvalue weighted by Gasteiger charge is -2.31. The summed E-state index contributed by atoms with van der Waals surface area (Å²) in [6, 6.07) is -5.66. The number of aromatic amines is 1. The van der Waals surface area contributed by atoms with E-state index in [1.165, 1.54) is 6.92 Å². The summed E-state index contributed by atoms with van der Waals surface area (Å²) in [5.74, 6) is -10.8. The number of aromatic nitrogens is 1. The first-order valence-electron chi connectivity index (χ1n) is 38.8. The van der Waals surface area contributed by atoms with Gasteiger partial charge in [-0.3, -0.25) is 57.5 Å². The Kier molecular flexibility index (Phi) is 41.0. The van der Waals surface area contributed by atoms with E-state index in [9.17, 15) is 66.0 Å². The van der Waals surface area contributed by atoms with Gasteiger partial charge in [-0.25, -0.2) is 8.42 Å². The number of benzene rings is 1. The van der Waals surface area contributed by atoms with Gasteiger partial charge < -0.3 is 96.0 Å². The fourth-order valence-corrected chi connectivity index (χ4v) is 14.4. The molecule has 108 heavy (non-hydrogen) atoms. The van der Waals surface area contributed by atoms with Crippen LogP contribution in [-0.4, -0.2) is 231 Å². The minimum atomic E-state index is -4.28. The normalized spacial score (nSPS) is 24.8. The maximum atomic E-state index is 15.0. The van der Waals surface area contributed by atoms with Crippen molar-refractivity contribution in [3.05, 3.63) is 36.0 Å². The summed E-state index contributed by atoms with van der Waals surface area (Å²) in [4.78, 5) is 178. The van der Waals surface area contributed by atoms with Gasteiger partial charge in [-0.1, -0.05) is 93.4 Å². The quantitative estimate of drug-likeness (QED) is 0.0510. The molecule has 0 radical (unpaired) electrons. The Morgan fingerprint density at radius 1 is 0.509 bits per heavy atom. The van der Waals surface area contributed by atoms with E-state index in [1.807, 2.05) is 58.9 Å². The molecule has 0 spiro atoms. The average molecular weight is 1540 g/mol. The van der Waals surface area contributed by atoms with Crippen molar-refractivity contribution in [2.75, 3.05) is 71.3 Å². The third-order valence-corrected chi connectivity index (χ3v) is 21.0. The topological polar surface area (TPSA) is 507 Å². The summed E-state index contributed by atoms with van der Waals surface area (Å²) in [5.41, 5.74) is 24.8. The van der Waals surface area contributed by atoms with Gasteiger partial charge in [0.25, 0.3) is 0 Å². The van der Waals surface area contributed by atoms with Gasteiger partial charge in [-0.15, -0.1) is 0 Å². The number of nitrogens with two attached hydrogens (primary N) is 4. The first-order valence-corrected chi connectivity index (χ1v) is 40.4. The maximum Gasteiger partial charge on any atom is 0.246 e. The Morgan fingerprint density at radius 3 is 1.50 bits per heavy atom. The van der Waals surface area contributed by atoms with Crippen LogP contribution in [0.15, 0.2) is 30.5 Å². The molecule has 2 fully saturated rings. The molecule has 3 heterocycles. The Bertz CT molecular complexity index is 3360. The minimum absolute atomic E-state index is 0.00602. The highest BCUT2D eigenvalue weighted by Gasteiger charge is 2.40. The number of fused-ring (bicyclic) bond motifs is 2. The molecule has 11 atom stereocenters. The number of H-pyrrole nitrogens is 1. The van der Waals surface area contributed by atoms with Gasteiger partial charge >= 0.3 is 0 Å². The standard InChI is InChI=1S/C74H128N18O15S/c1-11-12-25-55-69(99)89-64(48(8)9)73(103)90-63(47(6)7)72(102)81-49(10)65(95)88-60(40-50-41-80-53-26-14-13-24-52(50)53)74(104)92-35-21-23-51(92)43-107-44-62(94)83-56(28-16-19-31-76)67(97)86-59(39-46(4)5)71(101)85-57(29-17-20-32-77)68(98)87-58(38-45(2)3)70(100)84-54(27-15-18-30-75)66(96)79-34-36-91(42-61(93)82-55)108(105,106)37-22-33-78/h13-14,24,26,41,45-49,51,54-60,63-64,80H,11-12,15-23,25,27-40,42-44,75-78H2,1-10H3,(H,79,96)(H,81,102)(H,82,93)(H,83,94)(H,84,100)(H,85,101)(H,86,97)(H,87,98)(H,88,95)(H,89,99)(H,90,103). The molecule has 4 rings (SSSR count). The molecule has 0 saturated carbocycles. The second-order valence-electron chi connectivity index (χ2n) is 30.0. The van der Waals surface area contributed by atoms with Gasteiger partial charge in [0.15, 0.2) is 0 Å². The number of ether oxygens (including phenoxy) is 1. The van der Waals surface area contributed by atoms with E-state index in [2.05, 4.69) is 63.5 Å². The largest absolute Gasteiger partial charge is 0.370 e. The lowest BCUT2D eigenvalue weighted by Crippen LogP contribution is -2.61. The zero-order valence-electron chi connectivity index (χ0n) is 65.3. The van der Waals surface area contributed by atoms with Crippen molar-refractivity contribution in [2.45, 2.75) is 251 Å².